The summed E-state index contributed by atoms with van der Waals surface area (Å²) < 4.78 is 1.74. The van der Waals surface area contributed by atoms with Gasteiger partial charge in [-0.25, -0.2) is 4.68 Å². The highest BCUT2D eigenvalue weighted by molar-refractivity contribution is 5.93. The summed E-state index contributed by atoms with van der Waals surface area (Å²) >= 11 is 0. The molecule has 1 amide bonds. The van der Waals surface area contributed by atoms with Gasteiger partial charge in [0.1, 0.15) is 0 Å². The molecule has 6 heteroatoms. The van der Waals surface area contributed by atoms with Gasteiger partial charge in [-0.2, -0.15) is 0 Å². The number of rotatable bonds is 4. The SMILES string of the molecule is CCN(C(=O)c1nnn(-c2ccc3ncccc3c2)c1C)C1CCCC1. The van der Waals surface area contributed by atoms with E-state index in [9.17, 15) is 4.79 Å². The zero-order chi connectivity index (χ0) is 18.1. The Hall–Kier alpha value is -2.76. The number of amides is 1. The average Bonchev–Trinajstić information content (AvgIpc) is 3.32. The van der Waals surface area contributed by atoms with Crippen molar-refractivity contribution in [3.05, 3.63) is 47.9 Å². The van der Waals surface area contributed by atoms with Crippen LogP contribution >= 0.6 is 0 Å². The first-order valence-corrected chi connectivity index (χ1v) is 9.27. The Kier molecular flexibility index (Phi) is 4.41. The van der Waals surface area contributed by atoms with Crippen LogP contribution in [0.4, 0.5) is 0 Å². The molecule has 0 bridgehead atoms. The molecule has 1 aliphatic carbocycles. The maximum absolute atomic E-state index is 13.0. The molecule has 1 aliphatic rings. The number of carbonyl (C=O) groups is 1. The standard InChI is InChI=1S/C20H23N5O/c1-3-24(16-8-4-5-9-16)20(26)19-14(2)25(23-22-19)17-10-11-18-15(13-17)7-6-12-21-18/h6-7,10-13,16H,3-5,8-9H2,1-2H3. The molecule has 134 valence electrons. The molecule has 2 aromatic heterocycles. The predicted octanol–water partition coefficient (Wildman–Crippen LogP) is 3.53. The Bertz CT molecular complexity index is 942. The van der Waals surface area contributed by atoms with E-state index in [0.717, 1.165) is 35.1 Å². The molecular weight excluding hydrogens is 326 g/mol. The van der Waals surface area contributed by atoms with E-state index in [1.807, 2.05) is 49.1 Å². The molecule has 0 saturated heterocycles. The van der Waals surface area contributed by atoms with Gasteiger partial charge in [0.25, 0.3) is 5.91 Å². The Morgan fingerprint density at radius 3 is 2.85 bits per heavy atom. The van der Waals surface area contributed by atoms with Gasteiger partial charge in [-0.15, -0.1) is 5.10 Å². The number of carbonyl (C=O) groups excluding carboxylic acids is 1. The summed E-state index contributed by atoms with van der Waals surface area (Å²) in [4.78, 5) is 19.3. The van der Waals surface area contributed by atoms with Gasteiger partial charge in [-0.3, -0.25) is 9.78 Å². The van der Waals surface area contributed by atoms with Crippen molar-refractivity contribution in [3.63, 3.8) is 0 Å². The van der Waals surface area contributed by atoms with Crippen LogP contribution in [0.1, 0.15) is 48.8 Å². The van der Waals surface area contributed by atoms with Crippen LogP contribution in [0.3, 0.4) is 0 Å². The molecule has 4 rings (SSSR count). The first-order valence-electron chi connectivity index (χ1n) is 9.27. The average molecular weight is 349 g/mol. The van der Waals surface area contributed by atoms with E-state index in [1.165, 1.54) is 12.8 Å². The number of hydrogen-bond acceptors (Lipinski definition) is 4. The van der Waals surface area contributed by atoms with E-state index in [0.29, 0.717) is 18.3 Å². The van der Waals surface area contributed by atoms with Gasteiger partial charge in [0.15, 0.2) is 5.69 Å². The van der Waals surface area contributed by atoms with Gasteiger partial charge in [-0.1, -0.05) is 24.1 Å². The molecule has 6 nitrogen and oxygen atoms in total. The third-order valence-electron chi connectivity index (χ3n) is 5.30. The highest BCUT2D eigenvalue weighted by atomic mass is 16.2. The third-order valence-corrected chi connectivity index (χ3v) is 5.30. The van der Waals surface area contributed by atoms with Crippen molar-refractivity contribution >= 4 is 16.8 Å². The summed E-state index contributed by atoms with van der Waals surface area (Å²) in [5, 5.41) is 9.51. The van der Waals surface area contributed by atoms with Gasteiger partial charge in [0.2, 0.25) is 0 Å². The molecule has 0 radical (unpaired) electrons. The van der Waals surface area contributed by atoms with Crippen molar-refractivity contribution < 1.29 is 4.79 Å². The Labute approximate surface area is 152 Å². The monoisotopic (exact) mass is 349 g/mol. The van der Waals surface area contributed by atoms with Crippen LogP contribution < -0.4 is 0 Å². The maximum Gasteiger partial charge on any atom is 0.276 e. The Balaban J connectivity index is 1.67. The van der Waals surface area contributed by atoms with Crippen molar-refractivity contribution in [1.29, 1.82) is 0 Å². The largest absolute Gasteiger partial charge is 0.334 e. The molecule has 3 aromatic rings. The molecule has 1 aromatic carbocycles. The number of hydrogen-bond donors (Lipinski definition) is 0. The van der Waals surface area contributed by atoms with Crippen LogP contribution in [0, 0.1) is 6.92 Å². The topological polar surface area (TPSA) is 63.9 Å². The fourth-order valence-corrected chi connectivity index (χ4v) is 3.89. The van der Waals surface area contributed by atoms with E-state index in [4.69, 9.17) is 0 Å². The molecular formula is C20H23N5O. The fourth-order valence-electron chi connectivity index (χ4n) is 3.89. The highest BCUT2D eigenvalue weighted by Crippen LogP contribution is 2.25. The van der Waals surface area contributed by atoms with Crippen LogP contribution in [-0.4, -0.2) is 43.4 Å². The zero-order valence-corrected chi connectivity index (χ0v) is 15.2. The predicted molar refractivity (Wildman–Crippen MR) is 100 cm³/mol. The molecule has 2 heterocycles. The van der Waals surface area contributed by atoms with Crippen molar-refractivity contribution in [1.82, 2.24) is 24.9 Å². The van der Waals surface area contributed by atoms with Gasteiger partial charge in [0, 0.05) is 24.2 Å². The first kappa shape index (κ1) is 16.7. The molecule has 26 heavy (non-hydrogen) atoms. The van der Waals surface area contributed by atoms with Crippen LogP contribution in [0.5, 0.6) is 0 Å². The van der Waals surface area contributed by atoms with E-state index in [-0.39, 0.29) is 5.91 Å². The first-order chi connectivity index (χ1) is 12.7. The quantitative estimate of drug-likeness (QED) is 0.723. The summed E-state index contributed by atoms with van der Waals surface area (Å²) in [6, 6.07) is 10.2. The van der Waals surface area contributed by atoms with E-state index in [2.05, 4.69) is 15.3 Å². The maximum atomic E-state index is 13.0. The Morgan fingerprint density at radius 1 is 1.27 bits per heavy atom. The molecule has 0 unspecified atom stereocenters. The molecule has 0 N–H and O–H groups in total. The highest BCUT2D eigenvalue weighted by Gasteiger charge is 2.29. The van der Waals surface area contributed by atoms with E-state index < -0.39 is 0 Å². The second-order valence-electron chi connectivity index (χ2n) is 6.85. The summed E-state index contributed by atoms with van der Waals surface area (Å²) in [5.74, 6) is -0.00870. The lowest BCUT2D eigenvalue weighted by molar-refractivity contribution is 0.0686. The van der Waals surface area contributed by atoms with Crippen LogP contribution in [-0.2, 0) is 0 Å². The number of benzene rings is 1. The van der Waals surface area contributed by atoms with Crippen molar-refractivity contribution in [2.24, 2.45) is 0 Å². The minimum atomic E-state index is -0.00870. The summed E-state index contributed by atoms with van der Waals surface area (Å²) in [5.41, 5.74) is 3.04. The van der Waals surface area contributed by atoms with Gasteiger partial charge >= 0.3 is 0 Å². The lowest BCUT2D eigenvalue weighted by Gasteiger charge is -2.27. The second-order valence-corrected chi connectivity index (χ2v) is 6.85. The number of pyridine rings is 1. The van der Waals surface area contributed by atoms with Crippen LogP contribution in [0.25, 0.3) is 16.6 Å². The number of aromatic nitrogens is 4. The number of nitrogens with zero attached hydrogens (tertiary/aromatic N) is 5. The summed E-state index contributed by atoms with van der Waals surface area (Å²) in [6.45, 7) is 4.65. The lowest BCUT2D eigenvalue weighted by atomic mass is 10.1. The smallest absolute Gasteiger partial charge is 0.276 e. The van der Waals surface area contributed by atoms with Crippen molar-refractivity contribution in [3.8, 4) is 5.69 Å². The second kappa shape index (κ2) is 6.86. The van der Waals surface area contributed by atoms with E-state index in [1.54, 1.807) is 10.9 Å². The summed E-state index contributed by atoms with van der Waals surface area (Å²) in [6.07, 6.45) is 6.35. The van der Waals surface area contributed by atoms with Gasteiger partial charge in [-0.05, 0) is 51.0 Å². The van der Waals surface area contributed by atoms with Crippen molar-refractivity contribution in [2.75, 3.05) is 6.54 Å². The van der Waals surface area contributed by atoms with Crippen LogP contribution in [0.2, 0.25) is 0 Å². The number of fused-ring (bicyclic) bond motifs is 1. The fraction of sp³-hybridized carbons (Fsp3) is 0.400. The van der Waals surface area contributed by atoms with Crippen molar-refractivity contribution in [2.45, 2.75) is 45.6 Å². The van der Waals surface area contributed by atoms with E-state index >= 15 is 0 Å². The molecule has 0 aliphatic heterocycles. The molecule has 0 atom stereocenters. The molecule has 1 fully saturated rings. The normalized spacial score (nSPS) is 14.8. The van der Waals surface area contributed by atoms with Gasteiger partial charge in [0.05, 0.1) is 16.9 Å². The molecule has 1 saturated carbocycles. The van der Waals surface area contributed by atoms with Crippen LogP contribution in [0.15, 0.2) is 36.5 Å². The molecule has 0 spiro atoms. The summed E-state index contributed by atoms with van der Waals surface area (Å²) in [7, 11) is 0. The minimum absolute atomic E-state index is 0.00870. The lowest BCUT2D eigenvalue weighted by Crippen LogP contribution is -2.39. The van der Waals surface area contributed by atoms with Gasteiger partial charge < -0.3 is 4.90 Å². The third kappa shape index (κ3) is 2.85. The minimum Gasteiger partial charge on any atom is -0.334 e. The Morgan fingerprint density at radius 2 is 2.08 bits per heavy atom. The zero-order valence-electron chi connectivity index (χ0n) is 15.2.